The molecular formula is C13H13FN4O4. The zero-order valence-electron chi connectivity index (χ0n) is 11.4. The fourth-order valence-corrected chi connectivity index (χ4v) is 1.60. The number of halogens is 1. The highest BCUT2D eigenvalue weighted by Crippen LogP contribution is 2.05. The van der Waals surface area contributed by atoms with Crippen molar-refractivity contribution in [2.24, 2.45) is 0 Å². The van der Waals surface area contributed by atoms with Gasteiger partial charge >= 0.3 is 5.97 Å². The van der Waals surface area contributed by atoms with Crippen LogP contribution in [0.2, 0.25) is 0 Å². The molecule has 1 heterocycles. The van der Waals surface area contributed by atoms with E-state index in [4.69, 9.17) is 5.11 Å². The lowest BCUT2D eigenvalue weighted by Crippen LogP contribution is -2.21. The van der Waals surface area contributed by atoms with E-state index >= 15 is 0 Å². The zero-order chi connectivity index (χ0) is 15.9. The van der Waals surface area contributed by atoms with E-state index < -0.39 is 25.1 Å². The van der Waals surface area contributed by atoms with Crippen LogP contribution in [-0.2, 0) is 20.9 Å². The molecule has 1 aromatic carbocycles. The van der Waals surface area contributed by atoms with Crippen molar-refractivity contribution in [1.82, 2.24) is 14.8 Å². The molecule has 2 N–H and O–H groups in total. The van der Waals surface area contributed by atoms with Crippen molar-refractivity contribution in [2.45, 2.75) is 6.54 Å². The summed E-state index contributed by atoms with van der Waals surface area (Å²) in [5, 5.41) is 14.8. The van der Waals surface area contributed by atoms with E-state index in [0.29, 0.717) is 6.54 Å². The van der Waals surface area contributed by atoms with E-state index in [1.54, 1.807) is 12.1 Å². The summed E-state index contributed by atoms with van der Waals surface area (Å²) in [5.74, 6) is -1.96. The lowest BCUT2D eigenvalue weighted by atomic mass is 10.2. The number of hydrogen-bond donors (Lipinski definition) is 2. The molecule has 0 radical (unpaired) electrons. The van der Waals surface area contributed by atoms with Crippen LogP contribution >= 0.6 is 0 Å². The number of hydrogen-bond acceptors (Lipinski definition) is 5. The minimum atomic E-state index is -1.16. The molecule has 0 aliphatic heterocycles. The van der Waals surface area contributed by atoms with Crippen molar-refractivity contribution in [3.8, 4) is 0 Å². The molecule has 116 valence electrons. The van der Waals surface area contributed by atoms with Crippen LogP contribution in [-0.4, -0.2) is 45.0 Å². The second-order valence-electron chi connectivity index (χ2n) is 4.33. The molecule has 22 heavy (non-hydrogen) atoms. The normalized spacial score (nSPS) is 10.4. The molecule has 0 spiro atoms. The summed E-state index contributed by atoms with van der Waals surface area (Å²) in [6, 6.07) is 5.92. The summed E-state index contributed by atoms with van der Waals surface area (Å²) in [4.78, 5) is 25.6. The quantitative estimate of drug-likeness (QED) is 0.771. The van der Waals surface area contributed by atoms with Crippen molar-refractivity contribution in [3.05, 3.63) is 42.0 Å². The van der Waals surface area contributed by atoms with Gasteiger partial charge in [-0.05, 0) is 17.7 Å². The first-order valence-corrected chi connectivity index (χ1v) is 6.26. The molecule has 0 bridgehead atoms. The van der Waals surface area contributed by atoms with Gasteiger partial charge in [-0.1, -0.05) is 12.1 Å². The topological polar surface area (TPSA) is 106 Å². The lowest BCUT2D eigenvalue weighted by molar-refractivity contribution is -0.143. The average molecular weight is 308 g/mol. The molecule has 0 atom stereocenters. The van der Waals surface area contributed by atoms with Crippen LogP contribution < -0.4 is 5.32 Å². The van der Waals surface area contributed by atoms with Gasteiger partial charge in [-0.25, -0.2) is 18.9 Å². The number of carboxylic acid groups (broad SMARTS) is 1. The Balaban J connectivity index is 1.84. The van der Waals surface area contributed by atoms with Crippen molar-refractivity contribution >= 4 is 17.8 Å². The van der Waals surface area contributed by atoms with Crippen LogP contribution in [0.4, 0.5) is 10.3 Å². The minimum absolute atomic E-state index is 0.0750. The number of anilines is 1. The maximum absolute atomic E-state index is 12.8. The second kappa shape index (κ2) is 7.27. The molecule has 9 heteroatoms. The molecule has 0 unspecified atom stereocenters. The third-order valence-corrected chi connectivity index (χ3v) is 2.50. The Morgan fingerprint density at radius 3 is 2.68 bits per heavy atom. The number of aliphatic carboxylic acids is 1. The van der Waals surface area contributed by atoms with Gasteiger partial charge in [0.2, 0.25) is 5.95 Å². The van der Waals surface area contributed by atoms with Gasteiger partial charge < -0.3 is 9.84 Å². The SMILES string of the molecule is O=C(O)COCC(=O)Nc1ncn(Cc2ccc(F)cc2)n1. The largest absolute Gasteiger partial charge is 0.480 e. The molecule has 0 aliphatic rings. The Labute approximate surface area is 124 Å². The Kier molecular flexibility index (Phi) is 5.15. The van der Waals surface area contributed by atoms with E-state index in [1.165, 1.54) is 23.1 Å². The number of nitrogens with zero attached hydrogens (tertiary/aromatic N) is 3. The maximum Gasteiger partial charge on any atom is 0.329 e. The number of ether oxygens (including phenoxy) is 1. The highest BCUT2D eigenvalue weighted by molar-refractivity contribution is 5.90. The molecule has 0 fully saturated rings. The number of carbonyl (C=O) groups excluding carboxylic acids is 1. The standard InChI is InChI=1S/C13H13FN4O4/c14-10-3-1-9(2-4-10)5-18-8-15-13(17-18)16-11(19)6-22-7-12(20)21/h1-4,8H,5-7H2,(H,20,21)(H,16,17,19). The molecule has 8 nitrogen and oxygen atoms in total. The van der Waals surface area contributed by atoms with Crippen LogP contribution in [0.5, 0.6) is 0 Å². The first-order chi connectivity index (χ1) is 10.5. The van der Waals surface area contributed by atoms with E-state index in [1.807, 2.05) is 0 Å². The Morgan fingerprint density at radius 2 is 2.00 bits per heavy atom. The van der Waals surface area contributed by atoms with Crippen LogP contribution in [0.3, 0.4) is 0 Å². The zero-order valence-corrected chi connectivity index (χ0v) is 11.4. The minimum Gasteiger partial charge on any atom is -0.480 e. The van der Waals surface area contributed by atoms with E-state index in [2.05, 4.69) is 20.1 Å². The number of nitrogens with one attached hydrogen (secondary N) is 1. The van der Waals surface area contributed by atoms with Gasteiger partial charge in [-0.3, -0.25) is 10.1 Å². The van der Waals surface area contributed by atoms with Crippen molar-refractivity contribution < 1.29 is 23.8 Å². The Bertz CT molecular complexity index is 656. The number of benzene rings is 1. The third kappa shape index (κ3) is 4.94. The van der Waals surface area contributed by atoms with Crippen molar-refractivity contribution in [2.75, 3.05) is 18.5 Å². The number of aromatic nitrogens is 3. The summed E-state index contributed by atoms with van der Waals surface area (Å²) in [5.41, 5.74) is 0.828. The fourth-order valence-electron chi connectivity index (χ4n) is 1.60. The van der Waals surface area contributed by atoms with Gasteiger partial charge in [0.1, 0.15) is 25.4 Å². The Hall–Kier alpha value is -2.81. The maximum atomic E-state index is 12.8. The predicted molar refractivity (Wildman–Crippen MR) is 72.6 cm³/mol. The monoisotopic (exact) mass is 308 g/mol. The highest BCUT2D eigenvalue weighted by Gasteiger charge is 2.08. The number of carbonyl (C=O) groups is 2. The van der Waals surface area contributed by atoms with Gasteiger partial charge in [0.25, 0.3) is 5.91 Å². The van der Waals surface area contributed by atoms with Gasteiger partial charge in [-0.2, -0.15) is 0 Å². The van der Waals surface area contributed by atoms with E-state index in [0.717, 1.165) is 5.56 Å². The third-order valence-electron chi connectivity index (χ3n) is 2.50. The molecule has 1 amide bonds. The van der Waals surface area contributed by atoms with Crippen LogP contribution in [0.15, 0.2) is 30.6 Å². The van der Waals surface area contributed by atoms with Gasteiger partial charge in [0, 0.05) is 0 Å². The molecule has 0 aliphatic carbocycles. The van der Waals surface area contributed by atoms with E-state index in [9.17, 15) is 14.0 Å². The smallest absolute Gasteiger partial charge is 0.329 e. The van der Waals surface area contributed by atoms with Gasteiger partial charge in [-0.15, -0.1) is 5.10 Å². The van der Waals surface area contributed by atoms with E-state index in [-0.39, 0.29) is 11.8 Å². The summed E-state index contributed by atoms with van der Waals surface area (Å²) < 4.78 is 18.9. The lowest BCUT2D eigenvalue weighted by Gasteiger charge is -2.02. The van der Waals surface area contributed by atoms with Crippen molar-refractivity contribution in [3.63, 3.8) is 0 Å². The summed E-state index contributed by atoms with van der Waals surface area (Å²) >= 11 is 0. The highest BCUT2D eigenvalue weighted by atomic mass is 19.1. The predicted octanol–water partition coefficient (Wildman–Crippen LogP) is 0.505. The first-order valence-electron chi connectivity index (χ1n) is 6.26. The van der Waals surface area contributed by atoms with Crippen molar-refractivity contribution in [1.29, 1.82) is 0 Å². The first kappa shape index (κ1) is 15.6. The number of carboxylic acids is 1. The molecule has 2 rings (SSSR count). The Morgan fingerprint density at radius 1 is 1.27 bits per heavy atom. The van der Waals surface area contributed by atoms with Crippen LogP contribution in [0.25, 0.3) is 0 Å². The molecule has 2 aromatic rings. The summed E-state index contributed by atoms with van der Waals surface area (Å²) in [7, 11) is 0. The summed E-state index contributed by atoms with van der Waals surface area (Å²) in [6.45, 7) is -0.586. The van der Waals surface area contributed by atoms with Gasteiger partial charge in [0.15, 0.2) is 0 Å². The average Bonchev–Trinajstić information content (AvgIpc) is 2.88. The fraction of sp³-hybridized carbons (Fsp3) is 0.231. The molecular weight excluding hydrogens is 295 g/mol. The summed E-state index contributed by atoms with van der Waals surface area (Å²) in [6.07, 6.45) is 1.41. The molecule has 0 saturated heterocycles. The van der Waals surface area contributed by atoms with Gasteiger partial charge in [0.05, 0.1) is 6.54 Å². The second-order valence-corrected chi connectivity index (χ2v) is 4.33. The molecule has 0 saturated carbocycles. The molecule has 1 aromatic heterocycles. The van der Waals surface area contributed by atoms with Crippen LogP contribution in [0.1, 0.15) is 5.56 Å². The number of amides is 1. The van der Waals surface area contributed by atoms with Crippen LogP contribution in [0, 0.1) is 5.82 Å². The number of rotatable bonds is 7.